The number of primary amides is 1. The fraction of sp³-hybridized carbons (Fsp3) is 0.900. The molecule has 5 heteroatoms. The van der Waals surface area contributed by atoms with Gasteiger partial charge in [0.1, 0.15) is 0 Å². The summed E-state index contributed by atoms with van der Waals surface area (Å²) in [5.41, 5.74) is 5.29. The summed E-state index contributed by atoms with van der Waals surface area (Å²) in [5.74, 6) is -1.16. The molecular weight excluding hydrogens is 318 g/mol. The summed E-state index contributed by atoms with van der Waals surface area (Å²) in [6.45, 7) is 6.08. The first-order chi connectivity index (χ1) is 11.7. The van der Waals surface area contributed by atoms with Crippen LogP contribution in [0.5, 0.6) is 0 Å². The van der Waals surface area contributed by atoms with Gasteiger partial charge in [0.05, 0.1) is 12.5 Å². The fourth-order valence-electron chi connectivity index (χ4n) is 3.30. The zero-order chi connectivity index (χ0) is 19.3. The summed E-state index contributed by atoms with van der Waals surface area (Å²) in [6, 6.07) is 0. The highest BCUT2D eigenvalue weighted by atomic mass is 16.4. The van der Waals surface area contributed by atoms with E-state index in [1.807, 2.05) is 13.8 Å². The molecule has 0 spiro atoms. The Morgan fingerprint density at radius 1 is 0.960 bits per heavy atom. The summed E-state index contributed by atoms with van der Waals surface area (Å²) >= 11 is 0. The average Bonchev–Trinajstić information content (AvgIpc) is 2.48. The van der Waals surface area contributed by atoms with Crippen molar-refractivity contribution >= 4 is 11.9 Å². The standard InChI is InChI=1S/C20H39NO4/c1-4-5-6-12-17(22)13-9-11-16(19(21)25)10-7-8-14-20(2,3)15-18(23)24/h16-17,22H,4-15H2,1-3H3,(H2,21,25)(H,23,24). The zero-order valence-corrected chi connectivity index (χ0v) is 16.4. The summed E-state index contributed by atoms with van der Waals surface area (Å²) in [6.07, 6.45) is 9.78. The number of unbranched alkanes of at least 4 members (excludes halogenated alkanes) is 3. The third-order valence-corrected chi connectivity index (χ3v) is 4.92. The van der Waals surface area contributed by atoms with E-state index in [1.165, 1.54) is 0 Å². The lowest BCUT2D eigenvalue weighted by atomic mass is 9.83. The fourth-order valence-corrected chi connectivity index (χ4v) is 3.30. The van der Waals surface area contributed by atoms with Gasteiger partial charge in [-0.1, -0.05) is 59.3 Å². The van der Waals surface area contributed by atoms with Crippen LogP contribution in [-0.2, 0) is 9.59 Å². The zero-order valence-electron chi connectivity index (χ0n) is 16.4. The molecule has 5 nitrogen and oxygen atoms in total. The third-order valence-electron chi connectivity index (χ3n) is 4.92. The minimum absolute atomic E-state index is 0.134. The van der Waals surface area contributed by atoms with Crippen molar-refractivity contribution in [1.29, 1.82) is 0 Å². The van der Waals surface area contributed by atoms with Crippen molar-refractivity contribution in [2.24, 2.45) is 17.1 Å². The molecule has 0 aromatic heterocycles. The SMILES string of the molecule is CCCCCC(O)CCCC(CCCCC(C)(C)CC(=O)O)C(N)=O. The van der Waals surface area contributed by atoms with E-state index < -0.39 is 5.97 Å². The second kappa shape index (κ2) is 13.2. The molecule has 0 aromatic rings. The van der Waals surface area contributed by atoms with Gasteiger partial charge in [-0.2, -0.15) is 0 Å². The number of hydrogen-bond acceptors (Lipinski definition) is 3. The van der Waals surface area contributed by atoms with E-state index in [2.05, 4.69) is 6.92 Å². The van der Waals surface area contributed by atoms with E-state index in [0.717, 1.165) is 70.6 Å². The minimum Gasteiger partial charge on any atom is -0.481 e. The lowest BCUT2D eigenvalue weighted by Crippen LogP contribution is -2.24. The predicted octanol–water partition coefficient (Wildman–Crippen LogP) is 4.26. The number of carboxylic acids is 1. The van der Waals surface area contributed by atoms with E-state index in [9.17, 15) is 14.7 Å². The minimum atomic E-state index is -0.766. The molecule has 0 heterocycles. The highest BCUT2D eigenvalue weighted by Gasteiger charge is 2.22. The number of carboxylic acid groups (broad SMARTS) is 1. The Hall–Kier alpha value is -1.10. The first-order valence-electron chi connectivity index (χ1n) is 9.87. The maximum Gasteiger partial charge on any atom is 0.303 e. The van der Waals surface area contributed by atoms with Crippen LogP contribution in [0.3, 0.4) is 0 Å². The molecule has 4 N–H and O–H groups in total. The van der Waals surface area contributed by atoms with E-state index in [-0.39, 0.29) is 29.8 Å². The Morgan fingerprint density at radius 3 is 2.08 bits per heavy atom. The molecule has 0 saturated carbocycles. The van der Waals surface area contributed by atoms with Gasteiger partial charge < -0.3 is 15.9 Å². The maximum atomic E-state index is 11.6. The molecule has 0 fully saturated rings. The van der Waals surface area contributed by atoms with E-state index in [0.29, 0.717) is 0 Å². The molecule has 0 rings (SSSR count). The van der Waals surface area contributed by atoms with Crippen molar-refractivity contribution in [1.82, 2.24) is 0 Å². The van der Waals surface area contributed by atoms with Gasteiger partial charge in [-0.3, -0.25) is 9.59 Å². The number of aliphatic hydroxyl groups excluding tert-OH is 1. The second-order valence-electron chi connectivity index (χ2n) is 8.16. The van der Waals surface area contributed by atoms with Crippen LogP contribution in [0.1, 0.15) is 97.8 Å². The van der Waals surface area contributed by atoms with Crippen LogP contribution < -0.4 is 5.73 Å². The lowest BCUT2D eigenvalue weighted by Gasteiger charge is -2.22. The normalized spacial score (nSPS) is 14.2. The van der Waals surface area contributed by atoms with E-state index in [4.69, 9.17) is 10.8 Å². The first-order valence-corrected chi connectivity index (χ1v) is 9.87. The predicted molar refractivity (Wildman–Crippen MR) is 101 cm³/mol. The number of carbonyl (C=O) groups is 2. The van der Waals surface area contributed by atoms with Crippen LogP contribution in [0.2, 0.25) is 0 Å². The van der Waals surface area contributed by atoms with Gasteiger partial charge in [-0.05, 0) is 37.5 Å². The van der Waals surface area contributed by atoms with Crippen LogP contribution in [0.15, 0.2) is 0 Å². The van der Waals surface area contributed by atoms with Crippen molar-refractivity contribution < 1.29 is 19.8 Å². The molecule has 1 amide bonds. The van der Waals surface area contributed by atoms with Gasteiger partial charge in [0.2, 0.25) is 5.91 Å². The average molecular weight is 358 g/mol. The summed E-state index contributed by atoms with van der Waals surface area (Å²) in [7, 11) is 0. The third kappa shape index (κ3) is 13.8. The first kappa shape index (κ1) is 23.9. The second-order valence-corrected chi connectivity index (χ2v) is 8.16. The molecule has 0 aliphatic carbocycles. The number of carbonyl (C=O) groups excluding carboxylic acids is 1. The Labute approximate surface area is 153 Å². The number of aliphatic hydroxyl groups is 1. The van der Waals surface area contributed by atoms with Crippen LogP contribution >= 0.6 is 0 Å². The molecule has 0 radical (unpaired) electrons. The van der Waals surface area contributed by atoms with Gasteiger partial charge in [0.25, 0.3) is 0 Å². The molecule has 2 unspecified atom stereocenters. The van der Waals surface area contributed by atoms with Crippen molar-refractivity contribution in [2.75, 3.05) is 0 Å². The van der Waals surface area contributed by atoms with Crippen LogP contribution in [0.25, 0.3) is 0 Å². The number of hydrogen-bond donors (Lipinski definition) is 3. The topological polar surface area (TPSA) is 101 Å². The van der Waals surface area contributed by atoms with Crippen molar-refractivity contribution in [3.8, 4) is 0 Å². The molecule has 0 aliphatic heterocycles. The molecule has 2 atom stereocenters. The number of amides is 1. The van der Waals surface area contributed by atoms with Crippen LogP contribution in [0.4, 0.5) is 0 Å². The van der Waals surface area contributed by atoms with Gasteiger partial charge in [0.15, 0.2) is 0 Å². The van der Waals surface area contributed by atoms with Crippen LogP contribution in [0, 0.1) is 11.3 Å². The molecule has 0 saturated heterocycles. The largest absolute Gasteiger partial charge is 0.481 e. The smallest absolute Gasteiger partial charge is 0.303 e. The summed E-state index contributed by atoms with van der Waals surface area (Å²) < 4.78 is 0. The molecule has 25 heavy (non-hydrogen) atoms. The van der Waals surface area contributed by atoms with Gasteiger partial charge in [-0.15, -0.1) is 0 Å². The Morgan fingerprint density at radius 2 is 1.52 bits per heavy atom. The Balaban J connectivity index is 3.99. The number of aliphatic carboxylic acids is 1. The molecule has 0 bridgehead atoms. The Kier molecular flexibility index (Phi) is 12.6. The number of nitrogens with two attached hydrogens (primary N) is 1. The maximum absolute atomic E-state index is 11.6. The van der Waals surface area contributed by atoms with Crippen molar-refractivity contribution in [3.05, 3.63) is 0 Å². The molecular formula is C20H39NO4. The summed E-state index contributed by atoms with van der Waals surface area (Å²) in [4.78, 5) is 22.4. The highest BCUT2D eigenvalue weighted by molar-refractivity contribution is 5.76. The van der Waals surface area contributed by atoms with Crippen LogP contribution in [-0.4, -0.2) is 28.2 Å². The molecule has 0 aliphatic rings. The van der Waals surface area contributed by atoms with Gasteiger partial charge in [-0.25, -0.2) is 0 Å². The Bertz CT molecular complexity index is 382. The molecule has 0 aromatic carbocycles. The van der Waals surface area contributed by atoms with Gasteiger partial charge in [0, 0.05) is 5.92 Å². The number of rotatable bonds is 16. The van der Waals surface area contributed by atoms with E-state index >= 15 is 0 Å². The van der Waals surface area contributed by atoms with Crippen molar-refractivity contribution in [2.45, 2.75) is 104 Å². The van der Waals surface area contributed by atoms with Gasteiger partial charge >= 0.3 is 5.97 Å². The highest BCUT2D eigenvalue weighted by Crippen LogP contribution is 2.28. The quantitative estimate of drug-likeness (QED) is 0.359. The molecule has 148 valence electrons. The monoisotopic (exact) mass is 357 g/mol. The van der Waals surface area contributed by atoms with E-state index in [1.54, 1.807) is 0 Å². The van der Waals surface area contributed by atoms with Crippen molar-refractivity contribution in [3.63, 3.8) is 0 Å². The lowest BCUT2D eigenvalue weighted by molar-refractivity contribution is -0.139. The summed E-state index contributed by atoms with van der Waals surface area (Å²) in [5, 5.41) is 18.8.